The van der Waals surface area contributed by atoms with Crippen molar-refractivity contribution in [3.63, 3.8) is 0 Å². The van der Waals surface area contributed by atoms with E-state index in [0.29, 0.717) is 18.5 Å². The maximum Gasteiger partial charge on any atom is 0.325 e. The first-order chi connectivity index (χ1) is 13.5. The third-order valence-electron chi connectivity index (χ3n) is 4.89. The van der Waals surface area contributed by atoms with Gasteiger partial charge in [0.25, 0.3) is 5.91 Å². The van der Waals surface area contributed by atoms with Crippen LogP contribution in [0.5, 0.6) is 0 Å². The lowest BCUT2D eigenvalue weighted by Crippen LogP contribution is -2.46. The quantitative estimate of drug-likeness (QED) is 0.695. The highest BCUT2D eigenvalue weighted by Crippen LogP contribution is 2.33. The summed E-state index contributed by atoms with van der Waals surface area (Å²) in [6.45, 7) is 3.39. The van der Waals surface area contributed by atoms with Crippen LogP contribution in [0.2, 0.25) is 0 Å². The van der Waals surface area contributed by atoms with Crippen LogP contribution in [0.4, 0.5) is 10.5 Å². The van der Waals surface area contributed by atoms with Gasteiger partial charge in [-0.05, 0) is 37.1 Å². The standard InChI is InChI=1S/C21H23N3O3S/c1-3-21(4-2)19(26)24(20(27)23-21)14-18(25)22-16-12-8-9-13-17(16)28-15-10-6-5-7-11-15/h5-13H,3-4,14H2,1-2H3,(H,22,25)(H,23,27). The molecule has 28 heavy (non-hydrogen) atoms. The monoisotopic (exact) mass is 397 g/mol. The van der Waals surface area contributed by atoms with E-state index in [4.69, 9.17) is 0 Å². The second-order valence-corrected chi connectivity index (χ2v) is 7.69. The number of carbonyl (C=O) groups excluding carboxylic acids is 3. The molecule has 1 aliphatic heterocycles. The largest absolute Gasteiger partial charge is 0.325 e. The van der Waals surface area contributed by atoms with Crippen LogP contribution < -0.4 is 10.6 Å². The van der Waals surface area contributed by atoms with Gasteiger partial charge in [-0.2, -0.15) is 0 Å². The Morgan fingerprint density at radius 1 is 1.04 bits per heavy atom. The Hall–Kier alpha value is -2.80. The number of nitrogens with zero attached hydrogens (tertiary/aromatic N) is 1. The summed E-state index contributed by atoms with van der Waals surface area (Å²) in [4.78, 5) is 40.4. The van der Waals surface area contributed by atoms with Crippen molar-refractivity contribution >= 4 is 35.3 Å². The van der Waals surface area contributed by atoms with Gasteiger partial charge >= 0.3 is 6.03 Å². The predicted molar refractivity (Wildman–Crippen MR) is 109 cm³/mol. The molecule has 1 heterocycles. The molecule has 4 amide bonds. The van der Waals surface area contributed by atoms with Crippen molar-refractivity contribution in [2.45, 2.75) is 42.0 Å². The summed E-state index contributed by atoms with van der Waals surface area (Å²) in [6.07, 6.45) is 0.978. The van der Waals surface area contributed by atoms with E-state index in [1.807, 2.05) is 62.4 Å². The third kappa shape index (κ3) is 4.04. The molecule has 2 N–H and O–H groups in total. The van der Waals surface area contributed by atoms with Crippen LogP contribution in [0.15, 0.2) is 64.4 Å². The number of urea groups is 1. The molecule has 3 rings (SSSR count). The van der Waals surface area contributed by atoms with Crippen LogP contribution in [0, 0.1) is 0 Å². The first kappa shape index (κ1) is 19.9. The number of nitrogens with one attached hydrogen (secondary N) is 2. The third-order valence-corrected chi connectivity index (χ3v) is 5.97. The average molecular weight is 398 g/mol. The van der Waals surface area contributed by atoms with Crippen LogP contribution >= 0.6 is 11.8 Å². The van der Waals surface area contributed by atoms with E-state index in [-0.39, 0.29) is 12.5 Å². The van der Waals surface area contributed by atoms with Gasteiger partial charge in [-0.25, -0.2) is 4.79 Å². The lowest BCUT2D eigenvalue weighted by Gasteiger charge is -2.23. The first-order valence-electron chi connectivity index (χ1n) is 9.25. The summed E-state index contributed by atoms with van der Waals surface area (Å²) in [6, 6.07) is 16.8. The Bertz CT molecular complexity index is 881. The van der Waals surface area contributed by atoms with Gasteiger partial charge in [0, 0.05) is 9.79 Å². The van der Waals surface area contributed by atoms with Crippen LogP contribution in [-0.2, 0) is 9.59 Å². The Kier molecular flexibility index (Phi) is 6.04. The minimum Gasteiger partial charge on any atom is -0.323 e. The summed E-state index contributed by atoms with van der Waals surface area (Å²) >= 11 is 1.53. The Morgan fingerprint density at radius 3 is 2.32 bits per heavy atom. The molecule has 0 radical (unpaired) electrons. The van der Waals surface area contributed by atoms with Gasteiger partial charge in [-0.3, -0.25) is 14.5 Å². The number of para-hydroxylation sites is 1. The molecule has 7 heteroatoms. The Morgan fingerprint density at radius 2 is 1.68 bits per heavy atom. The molecule has 0 spiro atoms. The summed E-state index contributed by atoms with van der Waals surface area (Å²) in [5.74, 6) is -0.753. The molecule has 6 nitrogen and oxygen atoms in total. The molecule has 2 aromatic carbocycles. The minimum atomic E-state index is -0.904. The normalized spacial score (nSPS) is 15.4. The van der Waals surface area contributed by atoms with Gasteiger partial charge in [0.2, 0.25) is 5.91 Å². The second kappa shape index (κ2) is 8.48. The van der Waals surface area contributed by atoms with E-state index in [1.54, 1.807) is 6.07 Å². The Labute approximate surface area is 168 Å². The van der Waals surface area contributed by atoms with Crippen molar-refractivity contribution in [3.05, 3.63) is 54.6 Å². The van der Waals surface area contributed by atoms with E-state index in [2.05, 4.69) is 10.6 Å². The fourth-order valence-corrected chi connectivity index (χ4v) is 4.08. The number of rotatable bonds is 7. The zero-order chi connectivity index (χ0) is 20.1. The smallest absolute Gasteiger partial charge is 0.323 e. The van der Waals surface area contributed by atoms with Crippen molar-refractivity contribution < 1.29 is 14.4 Å². The molecule has 1 aliphatic rings. The lowest BCUT2D eigenvalue weighted by molar-refractivity contribution is -0.134. The number of carbonyl (C=O) groups is 3. The van der Waals surface area contributed by atoms with E-state index < -0.39 is 17.5 Å². The molecule has 1 fully saturated rings. The van der Waals surface area contributed by atoms with Crippen molar-refractivity contribution in [2.75, 3.05) is 11.9 Å². The number of anilines is 1. The summed E-state index contributed by atoms with van der Waals surface area (Å²) in [5.41, 5.74) is -0.260. The number of imide groups is 1. The molecular formula is C21H23N3O3S. The number of hydrogen-bond donors (Lipinski definition) is 2. The van der Waals surface area contributed by atoms with Gasteiger partial charge in [0.15, 0.2) is 0 Å². The second-order valence-electron chi connectivity index (χ2n) is 6.57. The molecule has 146 valence electrons. The van der Waals surface area contributed by atoms with Crippen molar-refractivity contribution in [3.8, 4) is 0 Å². The fourth-order valence-electron chi connectivity index (χ4n) is 3.16. The Balaban J connectivity index is 1.71. The molecule has 0 atom stereocenters. The first-order valence-corrected chi connectivity index (χ1v) is 10.1. The minimum absolute atomic E-state index is 0.309. The number of hydrogen-bond acceptors (Lipinski definition) is 4. The van der Waals surface area contributed by atoms with Gasteiger partial charge in [0.1, 0.15) is 12.1 Å². The van der Waals surface area contributed by atoms with Crippen LogP contribution in [-0.4, -0.2) is 34.8 Å². The highest BCUT2D eigenvalue weighted by molar-refractivity contribution is 7.99. The maximum atomic E-state index is 12.7. The molecule has 0 aliphatic carbocycles. The molecule has 0 saturated carbocycles. The zero-order valence-electron chi connectivity index (χ0n) is 15.9. The molecule has 0 aromatic heterocycles. The van der Waals surface area contributed by atoms with Gasteiger partial charge < -0.3 is 10.6 Å². The molecule has 2 aromatic rings. The van der Waals surface area contributed by atoms with Gasteiger partial charge in [-0.15, -0.1) is 0 Å². The van der Waals surface area contributed by atoms with Crippen molar-refractivity contribution in [1.82, 2.24) is 10.2 Å². The van der Waals surface area contributed by atoms with Crippen molar-refractivity contribution in [2.24, 2.45) is 0 Å². The predicted octanol–water partition coefficient (Wildman–Crippen LogP) is 3.89. The average Bonchev–Trinajstić information content (AvgIpc) is 2.95. The summed E-state index contributed by atoms with van der Waals surface area (Å²) in [7, 11) is 0. The SMILES string of the molecule is CCC1(CC)NC(=O)N(CC(=O)Nc2ccccc2Sc2ccccc2)C1=O. The van der Waals surface area contributed by atoms with Crippen molar-refractivity contribution in [1.29, 1.82) is 0 Å². The fraction of sp³-hybridized carbons (Fsp3) is 0.286. The maximum absolute atomic E-state index is 12.7. The molecular weight excluding hydrogens is 374 g/mol. The van der Waals surface area contributed by atoms with Gasteiger partial charge in [0.05, 0.1) is 5.69 Å². The van der Waals surface area contributed by atoms with E-state index in [0.717, 1.165) is 14.7 Å². The van der Waals surface area contributed by atoms with Crippen LogP contribution in [0.1, 0.15) is 26.7 Å². The highest BCUT2D eigenvalue weighted by Gasteiger charge is 2.49. The van der Waals surface area contributed by atoms with Crippen LogP contribution in [0.25, 0.3) is 0 Å². The number of amides is 4. The van der Waals surface area contributed by atoms with Gasteiger partial charge in [-0.1, -0.05) is 55.9 Å². The summed E-state index contributed by atoms with van der Waals surface area (Å²) in [5, 5.41) is 5.56. The molecule has 0 bridgehead atoms. The number of benzene rings is 2. The zero-order valence-corrected chi connectivity index (χ0v) is 16.7. The lowest BCUT2D eigenvalue weighted by atomic mass is 9.93. The summed E-state index contributed by atoms with van der Waals surface area (Å²) < 4.78 is 0. The molecule has 1 saturated heterocycles. The van der Waals surface area contributed by atoms with Crippen LogP contribution in [0.3, 0.4) is 0 Å². The van der Waals surface area contributed by atoms with E-state index in [1.165, 1.54) is 11.8 Å². The topological polar surface area (TPSA) is 78.5 Å². The highest BCUT2D eigenvalue weighted by atomic mass is 32.2. The van der Waals surface area contributed by atoms with E-state index >= 15 is 0 Å². The molecule has 0 unspecified atom stereocenters. The van der Waals surface area contributed by atoms with E-state index in [9.17, 15) is 14.4 Å².